The average molecular weight is 849 g/mol. The number of rotatable bonds is 24. The topological polar surface area (TPSA) is 256 Å². The van der Waals surface area contributed by atoms with E-state index in [1.165, 1.54) is 44.9 Å². The molecule has 0 aliphatic heterocycles. The second kappa shape index (κ2) is 30.0. The number of carbonyl (C=O) groups is 2. The summed E-state index contributed by atoms with van der Waals surface area (Å²) in [5.74, 6) is 27.9. The van der Waals surface area contributed by atoms with E-state index in [0.29, 0.717) is 6.42 Å². The molecule has 0 bridgehead atoms. The van der Waals surface area contributed by atoms with Crippen LogP contribution in [0.2, 0.25) is 0 Å². The van der Waals surface area contributed by atoms with Gasteiger partial charge in [0, 0.05) is 12.3 Å². The van der Waals surface area contributed by atoms with Crippen molar-refractivity contribution in [3.8, 4) is 83.4 Å². The first-order chi connectivity index (χ1) is 27.6. The Balaban J connectivity index is 2.83. The third-order valence-corrected chi connectivity index (χ3v) is 9.53. The summed E-state index contributed by atoms with van der Waals surface area (Å²) in [7, 11) is -10.8. The van der Waals surface area contributed by atoms with Gasteiger partial charge in [0.05, 0.1) is 6.61 Å². The minimum Gasteiger partial charge on any atom is -0.456 e. The maximum absolute atomic E-state index is 12.9. The van der Waals surface area contributed by atoms with E-state index in [-0.39, 0.29) is 6.42 Å². The van der Waals surface area contributed by atoms with Gasteiger partial charge in [0.25, 0.3) is 0 Å². The summed E-state index contributed by atoms with van der Waals surface area (Å²) in [5, 5.41) is 40.9. The van der Waals surface area contributed by atoms with Crippen molar-refractivity contribution in [1.82, 2.24) is 0 Å². The molecule has 0 radical (unpaired) electrons. The SMILES string of the molecule is C#CC#CC#CC#CC#CC#CC#CC(=O)OC[C@@H](COP(=O)(O)OC1C(O)[C@H](O)[C@@H](O)C(OP(=O)(O)O)[C@@H]1O)OC(=O)CCCCCCCCCCCCCCC. The Kier molecular flexibility index (Phi) is 26.9. The van der Waals surface area contributed by atoms with E-state index >= 15 is 0 Å². The normalized spacial score (nSPS) is 20.9. The van der Waals surface area contributed by atoms with Crippen LogP contribution in [0.3, 0.4) is 0 Å². The maximum atomic E-state index is 12.9. The third kappa shape index (κ3) is 24.6. The summed E-state index contributed by atoms with van der Waals surface area (Å²) >= 11 is 0. The number of terminal acetylenes is 1. The van der Waals surface area contributed by atoms with Gasteiger partial charge in [-0.15, -0.1) is 6.42 Å². The van der Waals surface area contributed by atoms with Gasteiger partial charge in [-0.05, 0) is 77.5 Å². The van der Waals surface area contributed by atoms with Gasteiger partial charge < -0.3 is 44.6 Å². The van der Waals surface area contributed by atoms with Crippen molar-refractivity contribution in [2.75, 3.05) is 13.2 Å². The molecule has 0 aromatic heterocycles. The number of phosphoric ester groups is 2. The van der Waals surface area contributed by atoms with E-state index in [4.69, 9.17) is 34.7 Å². The van der Waals surface area contributed by atoms with Crippen LogP contribution in [0.5, 0.6) is 0 Å². The lowest BCUT2D eigenvalue weighted by atomic mass is 9.85. The number of hydrogen-bond acceptors (Lipinski definition) is 13. The van der Waals surface area contributed by atoms with Crippen molar-refractivity contribution in [2.45, 2.75) is 140 Å². The molecule has 58 heavy (non-hydrogen) atoms. The number of hydrogen-bond donors (Lipinski definition) is 7. The van der Waals surface area contributed by atoms with Crippen LogP contribution < -0.4 is 0 Å². The molecule has 0 heterocycles. The first-order valence-corrected chi connectivity index (χ1v) is 21.6. The first-order valence-electron chi connectivity index (χ1n) is 18.6. The number of esters is 2. The summed E-state index contributed by atoms with van der Waals surface area (Å²) in [4.78, 5) is 53.5. The fourth-order valence-corrected chi connectivity index (χ4v) is 6.74. The van der Waals surface area contributed by atoms with E-state index in [0.717, 1.165) is 32.1 Å². The molecule has 1 saturated carbocycles. The van der Waals surface area contributed by atoms with Crippen molar-refractivity contribution in [3.05, 3.63) is 0 Å². The molecule has 1 aliphatic rings. The van der Waals surface area contributed by atoms with Gasteiger partial charge >= 0.3 is 27.6 Å². The van der Waals surface area contributed by atoms with Gasteiger partial charge in [-0.1, -0.05) is 84.0 Å². The molecular formula is C40H50O16P2. The minimum atomic E-state index is -5.39. The lowest BCUT2D eigenvalue weighted by Crippen LogP contribution is -2.64. The highest BCUT2D eigenvalue weighted by Gasteiger charge is 2.54. The van der Waals surface area contributed by atoms with Gasteiger partial charge in [0.2, 0.25) is 0 Å². The Morgan fingerprint density at radius 2 is 1.05 bits per heavy atom. The molecule has 7 N–H and O–H groups in total. The monoisotopic (exact) mass is 848 g/mol. The van der Waals surface area contributed by atoms with E-state index in [1.54, 1.807) is 0 Å². The molecule has 316 valence electrons. The predicted molar refractivity (Wildman–Crippen MR) is 208 cm³/mol. The zero-order valence-electron chi connectivity index (χ0n) is 32.1. The molecule has 0 saturated heterocycles. The molecular weight excluding hydrogens is 798 g/mol. The van der Waals surface area contributed by atoms with Crippen LogP contribution >= 0.6 is 15.6 Å². The molecule has 8 atom stereocenters. The highest BCUT2D eigenvalue weighted by molar-refractivity contribution is 7.47. The second-order valence-electron chi connectivity index (χ2n) is 12.7. The number of ether oxygens (including phenoxy) is 2. The molecule has 0 amide bonds. The number of unbranched alkanes of at least 4 members (excludes halogenated alkanes) is 12. The third-order valence-electron chi connectivity index (χ3n) is 8.03. The van der Waals surface area contributed by atoms with Crippen molar-refractivity contribution < 1.29 is 76.9 Å². The average Bonchev–Trinajstić information content (AvgIpc) is 3.17. The number of phosphoric acid groups is 2. The Morgan fingerprint density at radius 1 is 0.603 bits per heavy atom. The minimum absolute atomic E-state index is 0.0373. The zero-order valence-corrected chi connectivity index (χ0v) is 33.9. The number of aliphatic hydroxyl groups is 4. The Labute approximate surface area is 340 Å². The van der Waals surface area contributed by atoms with Crippen molar-refractivity contribution in [1.29, 1.82) is 0 Å². The Bertz CT molecular complexity index is 1830. The Hall–Kier alpha value is -4.08. The van der Waals surface area contributed by atoms with Crippen LogP contribution in [-0.4, -0.2) is 103 Å². The van der Waals surface area contributed by atoms with Crippen molar-refractivity contribution >= 4 is 27.6 Å². The summed E-state index contributed by atoms with van der Waals surface area (Å²) < 4.78 is 48.4. The van der Waals surface area contributed by atoms with Gasteiger partial charge in [-0.2, -0.15) is 0 Å². The number of aliphatic hydroxyl groups excluding tert-OH is 4. The maximum Gasteiger partial charge on any atom is 0.472 e. The lowest BCUT2D eigenvalue weighted by molar-refractivity contribution is -0.216. The smallest absolute Gasteiger partial charge is 0.456 e. The van der Waals surface area contributed by atoms with Crippen molar-refractivity contribution in [2.24, 2.45) is 0 Å². The van der Waals surface area contributed by atoms with E-state index in [2.05, 4.69) is 82.5 Å². The predicted octanol–water partition coefficient (Wildman–Crippen LogP) is 2.01. The summed E-state index contributed by atoms with van der Waals surface area (Å²) in [6, 6.07) is 0. The summed E-state index contributed by atoms with van der Waals surface area (Å²) in [5.41, 5.74) is 0. The van der Waals surface area contributed by atoms with Crippen LogP contribution in [0, 0.1) is 83.4 Å². The molecule has 4 unspecified atom stereocenters. The highest BCUT2D eigenvalue weighted by Crippen LogP contribution is 2.49. The molecule has 0 spiro atoms. The summed E-state index contributed by atoms with van der Waals surface area (Å²) in [6.07, 6.45) is 3.80. The van der Waals surface area contributed by atoms with Gasteiger partial charge in [-0.25, -0.2) is 13.9 Å². The van der Waals surface area contributed by atoms with Crippen LogP contribution in [0.4, 0.5) is 0 Å². The van der Waals surface area contributed by atoms with Gasteiger partial charge in [0.15, 0.2) is 6.10 Å². The molecule has 1 rings (SSSR count). The lowest BCUT2D eigenvalue weighted by Gasteiger charge is -2.43. The van der Waals surface area contributed by atoms with Crippen molar-refractivity contribution in [3.63, 3.8) is 0 Å². The summed E-state index contributed by atoms with van der Waals surface area (Å²) in [6.45, 7) is 0.506. The molecule has 16 nitrogen and oxygen atoms in total. The molecule has 18 heteroatoms. The van der Waals surface area contributed by atoms with Crippen LogP contribution in [-0.2, 0) is 41.8 Å². The van der Waals surface area contributed by atoms with Gasteiger partial charge in [-0.3, -0.25) is 18.4 Å². The quantitative estimate of drug-likeness (QED) is 0.0241. The molecule has 0 aromatic rings. The highest BCUT2D eigenvalue weighted by atomic mass is 31.2. The first kappa shape index (κ1) is 51.9. The largest absolute Gasteiger partial charge is 0.472 e. The van der Waals surface area contributed by atoms with E-state index in [9.17, 15) is 44.0 Å². The fourth-order valence-electron chi connectivity index (χ4n) is 5.20. The molecule has 1 aliphatic carbocycles. The van der Waals surface area contributed by atoms with Crippen LogP contribution in [0.25, 0.3) is 0 Å². The number of carbonyl (C=O) groups excluding carboxylic acids is 2. The fraction of sp³-hybridized carbons (Fsp3) is 0.600. The van der Waals surface area contributed by atoms with Crippen LogP contribution in [0.1, 0.15) is 96.8 Å². The van der Waals surface area contributed by atoms with E-state index < -0.39 is 83.5 Å². The second-order valence-corrected chi connectivity index (χ2v) is 15.3. The van der Waals surface area contributed by atoms with Gasteiger partial charge in [0.1, 0.15) is 43.2 Å². The zero-order chi connectivity index (χ0) is 43.2. The standard InChI is InChI=1S/C40H50O16P2/c1-3-5-7-9-11-13-15-17-19-21-23-25-27-29-34(42)54-32(30-52-33(41)28-26-24-22-20-18-16-14-12-10-8-6-4-2)31-53-58(50,51)56-40-37(45)35(43)36(44)39(38(40)46)55-57(47,48)49/h2,32,35-40,43-46H,3,5,7,9,11,13,15,17,19,21,23,25,27,29-31H2,1H3,(H,50,51)(H2,47,48,49)/t32-,35+,36+,37?,38-,39?,40?/m0/s1. The van der Waals surface area contributed by atoms with Crippen LogP contribution in [0.15, 0.2) is 0 Å². The molecule has 1 fully saturated rings. The van der Waals surface area contributed by atoms with E-state index in [1.807, 2.05) is 5.92 Å². The molecule has 0 aromatic carbocycles. The Morgan fingerprint density at radius 3 is 1.53 bits per heavy atom.